The fraction of sp³-hybridized carbons (Fsp3) is 0.500. The van der Waals surface area contributed by atoms with Gasteiger partial charge in [0.15, 0.2) is 0 Å². The molecule has 1 aromatic carbocycles. The van der Waals surface area contributed by atoms with Crippen LogP contribution in [0.1, 0.15) is 25.3 Å². The highest BCUT2D eigenvalue weighted by Crippen LogP contribution is 2.20. The summed E-state index contributed by atoms with van der Waals surface area (Å²) < 4.78 is 39.0. The molecule has 0 atom stereocenters. The van der Waals surface area contributed by atoms with Crippen molar-refractivity contribution in [2.24, 2.45) is 5.73 Å². The van der Waals surface area contributed by atoms with Gasteiger partial charge in [0.05, 0.1) is 4.90 Å². The van der Waals surface area contributed by atoms with E-state index in [1.807, 2.05) is 6.92 Å². The predicted molar refractivity (Wildman–Crippen MR) is 69.0 cm³/mol. The van der Waals surface area contributed by atoms with Crippen molar-refractivity contribution >= 4 is 10.0 Å². The maximum atomic E-state index is 13.2. The van der Waals surface area contributed by atoms with Crippen molar-refractivity contribution < 1.29 is 12.8 Å². The molecule has 0 aliphatic rings. The Labute approximate surface area is 108 Å². The number of unbranched alkanes of at least 4 members (excludes halogenated alkanes) is 1. The number of halogens is 1. The first-order chi connectivity index (χ1) is 8.43. The van der Waals surface area contributed by atoms with Crippen LogP contribution in [0.2, 0.25) is 0 Å². The summed E-state index contributed by atoms with van der Waals surface area (Å²) in [5.74, 6) is -0.574. The van der Waals surface area contributed by atoms with Crippen molar-refractivity contribution in [3.8, 4) is 0 Å². The van der Waals surface area contributed by atoms with Crippen LogP contribution in [0.5, 0.6) is 0 Å². The topological polar surface area (TPSA) is 63.4 Å². The highest BCUT2D eigenvalue weighted by Gasteiger charge is 2.23. The molecule has 0 fully saturated rings. The zero-order valence-electron chi connectivity index (χ0n) is 10.7. The molecule has 4 nitrogen and oxygen atoms in total. The van der Waals surface area contributed by atoms with Gasteiger partial charge in [-0.25, -0.2) is 17.1 Å². The zero-order valence-corrected chi connectivity index (χ0v) is 11.5. The molecule has 2 N–H and O–H groups in total. The van der Waals surface area contributed by atoms with Crippen molar-refractivity contribution in [3.05, 3.63) is 29.6 Å². The van der Waals surface area contributed by atoms with Crippen LogP contribution in [-0.4, -0.2) is 26.3 Å². The van der Waals surface area contributed by atoms with Gasteiger partial charge in [0.2, 0.25) is 10.0 Å². The van der Waals surface area contributed by atoms with Crippen LogP contribution in [0.3, 0.4) is 0 Å². The van der Waals surface area contributed by atoms with Crippen LogP contribution in [0.4, 0.5) is 4.39 Å². The molecule has 0 saturated heterocycles. The van der Waals surface area contributed by atoms with Gasteiger partial charge in [-0.05, 0) is 24.1 Å². The van der Waals surface area contributed by atoms with Crippen LogP contribution in [0.15, 0.2) is 23.1 Å². The Morgan fingerprint density at radius 1 is 1.39 bits per heavy atom. The highest BCUT2D eigenvalue weighted by molar-refractivity contribution is 7.89. The number of nitrogens with zero attached hydrogens (tertiary/aromatic N) is 1. The van der Waals surface area contributed by atoms with Gasteiger partial charge in [0.25, 0.3) is 0 Å². The standard InChI is InChI=1S/C12H19FN2O2S/c1-3-4-7-15(2)18(16,17)12-8-11(13)6-5-10(12)9-14/h5-6,8H,3-4,7,9,14H2,1-2H3. The minimum atomic E-state index is -3.66. The van der Waals surface area contributed by atoms with E-state index in [2.05, 4.69) is 0 Å². The quantitative estimate of drug-likeness (QED) is 0.859. The molecule has 1 aromatic rings. The van der Waals surface area contributed by atoms with E-state index in [1.54, 1.807) is 0 Å². The number of benzene rings is 1. The number of hydrogen-bond donors (Lipinski definition) is 1. The minimum absolute atomic E-state index is 0.0383. The second-order valence-electron chi connectivity index (χ2n) is 4.14. The van der Waals surface area contributed by atoms with Gasteiger partial charge >= 0.3 is 0 Å². The van der Waals surface area contributed by atoms with E-state index in [0.717, 1.165) is 18.9 Å². The van der Waals surface area contributed by atoms with E-state index in [4.69, 9.17) is 5.73 Å². The first-order valence-electron chi connectivity index (χ1n) is 5.88. The Morgan fingerprint density at radius 2 is 2.06 bits per heavy atom. The second-order valence-corrected chi connectivity index (χ2v) is 6.15. The average Bonchev–Trinajstić information content (AvgIpc) is 2.35. The molecule has 0 spiro atoms. The van der Waals surface area contributed by atoms with E-state index in [1.165, 1.54) is 23.5 Å². The van der Waals surface area contributed by atoms with Crippen LogP contribution in [-0.2, 0) is 16.6 Å². The monoisotopic (exact) mass is 274 g/mol. The number of nitrogens with two attached hydrogens (primary N) is 1. The molecule has 0 aromatic heterocycles. The predicted octanol–water partition coefficient (Wildman–Crippen LogP) is 1.71. The Morgan fingerprint density at radius 3 is 2.61 bits per heavy atom. The summed E-state index contributed by atoms with van der Waals surface area (Å²) in [4.78, 5) is -0.0383. The normalized spacial score (nSPS) is 12.1. The maximum Gasteiger partial charge on any atom is 0.243 e. The summed E-state index contributed by atoms with van der Waals surface area (Å²) in [6, 6.07) is 3.66. The van der Waals surface area contributed by atoms with Gasteiger partial charge < -0.3 is 5.73 Å². The highest BCUT2D eigenvalue weighted by atomic mass is 32.2. The largest absolute Gasteiger partial charge is 0.326 e. The van der Waals surface area contributed by atoms with Gasteiger partial charge in [0.1, 0.15) is 5.82 Å². The average molecular weight is 274 g/mol. The molecule has 18 heavy (non-hydrogen) atoms. The molecule has 0 amide bonds. The van der Waals surface area contributed by atoms with Crippen LogP contribution < -0.4 is 5.73 Å². The molecular formula is C12H19FN2O2S. The van der Waals surface area contributed by atoms with E-state index in [0.29, 0.717) is 12.1 Å². The summed E-state index contributed by atoms with van der Waals surface area (Å²) in [5.41, 5.74) is 5.92. The third-order valence-electron chi connectivity index (χ3n) is 2.76. The maximum absolute atomic E-state index is 13.2. The molecule has 0 bridgehead atoms. The third kappa shape index (κ3) is 3.28. The Bertz CT molecular complexity index is 503. The summed E-state index contributed by atoms with van der Waals surface area (Å²) in [7, 11) is -2.17. The van der Waals surface area contributed by atoms with E-state index in [-0.39, 0.29) is 11.4 Å². The summed E-state index contributed by atoms with van der Waals surface area (Å²) in [6.45, 7) is 2.46. The third-order valence-corrected chi connectivity index (χ3v) is 4.70. The molecule has 1 rings (SSSR count). The van der Waals surface area contributed by atoms with Gasteiger partial charge in [-0.1, -0.05) is 19.4 Å². The van der Waals surface area contributed by atoms with Crippen LogP contribution in [0.25, 0.3) is 0 Å². The molecule has 0 aliphatic carbocycles. The molecule has 0 heterocycles. The van der Waals surface area contributed by atoms with E-state index in [9.17, 15) is 12.8 Å². The Hall–Kier alpha value is -0.980. The first-order valence-corrected chi connectivity index (χ1v) is 7.32. The van der Waals surface area contributed by atoms with E-state index < -0.39 is 15.8 Å². The lowest BCUT2D eigenvalue weighted by atomic mass is 10.2. The molecule has 0 saturated carbocycles. The number of hydrogen-bond acceptors (Lipinski definition) is 3. The van der Waals surface area contributed by atoms with Crippen molar-refractivity contribution in [1.29, 1.82) is 0 Å². The van der Waals surface area contributed by atoms with E-state index >= 15 is 0 Å². The smallest absolute Gasteiger partial charge is 0.243 e. The molecule has 102 valence electrons. The first kappa shape index (κ1) is 15.1. The molecule has 0 aliphatic heterocycles. The fourth-order valence-electron chi connectivity index (χ4n) is 1.61. The van der Waals surface area contributed by atoms with Crippen molar-refractivity contribution in [2.45, 2.75) is 31.2 Å². The number of rotatable bonds is 6. The second kappa shape index (κ2) is 6.26. The lowest BCUT2D eigenvalue weighted by Crippen LogP contribution is -2.29. The van der Waals surface area contributed by atoms with Crippen LogP contribution >= 0.6 is 0 Å². The number of sulfonamides is 1. The lowest BCUT2D eigenvalue weighted by molar-refractivity contribution is 0.458. The fourth-order valence-corrected chi connectivity index (χ4v) is 3.06. The lowest BCUT2D eigenvalue weighted by Gasteiger charge is -2.18. The summed E-state index contributed by atoms with van der Waals surface area (Å²) >= 11 is 0. The van der Waals surface area contributed by atoms with Crippen molar-refractivity contribution in [1.82, 2.24) is 4.31 Å². The molecule has 6 heteroatoms. The Balaban J connectivity index is 3.14. The van der Waals surface area contributed by atoms with Crippen molar-refractivity contribution in [2.75, 3.05) is 13.6 Å². The van der Waals surface area contributed by atoms with Gasteiger partial charge in [-0.15, -0.1) is 0 Å². The summed E-state index contributed by atoms with van der Waals surface area (Å²) in [6.07, 6.45) is 1.66. The molecule has 0 radical (unpaired) electrons. The Kier molecular flexibility index (Phi) is 5.25. The molecule has 0 unspecified atom stereocenters. The minimum Gasteiger partial charge on any atom is -0.326 e. The van der Waals surface area contributed by atoms with Crippen LogP contribution in [0, 0.1) is 5.82 Å². The van der Waals surface area contributed by atoms with Gasteiger partial charge in [-0.2, -0.15) is 0 Å². The van der Waals surface area contributed by atoms with Gasteiger partial charge in [-0.3, -0.25) is 0 Å². The zero-order chi connectivity index (χ0) is 13.8. The SMILES string of the molecule is CCCCN(C)S(=O)(=O)c1cc(F)ccc1CN. The summed E-state index contributed by atoms with van der Waals surface area (Å²) in [5, 5.41) is 0. The van der Waals surface area contributed by atoms with Gasteiger partial charge in [0, 0.05) is 20.1 Å². The van der Waals surface area contributed by atoms with Crippen molar-refractivity contribution in [3.63, 3.8) is 0 Å². The molecular weight excluding hydrogens is 255 g/mol.